The van der Waals surface area contributed by atoms with Crippen LogP contribution in [-0.4, -0.2) is 41.3 Å². The number of hydrogen-bond donors (Lipinski definition) is 2. The Bertz CT molecular complexity index is 693. The molecule has 2 N–H and O–H groups in total. The largest absolute Gasteiger partial charge is 0.364 e. The molecular formula is C18H23N3O2S. The van der Waals surface area contributed by atoms with E-state index in [1.807, 2.05) is 28.6 Å². The van der Waals surface area contributed by atoms with E-state index in [9.17, 15) is 9.59 Å². The number of aromatic amines is 1. The van der Waals surface area contributed by atoms with Crippen LogP contribution >= 0.6 is 11.3 Å². The number of carbonyl (C=O) groups excluding carboxylic acids is 2. The third kappa shape index (κ3) is 3.87. The molecule has 6 heteroatoms. The van der Waals surface area contributed by atoms with Gasteiger partial charge in [0.25, 0.3) is 5.91 Å². The maximum atomic E-state index is 12.5. The summed E-state index contributed by atoms with van der Waals surface area (Å²) in [7, 11) is 0. The monoisotopic (exact) mass is 345 g/mol. The molecule has 1 aliphatic heterocycles. The second-order valence-electron chi connectivity index (χ2n) is 6.19. The van der Waals surface area contributed by atoms with Crippen molar-refractivity contribution in [3.63, 3.8) is 0 Å². The van der Waals surface area contributed by atoms with Crippen LogP contribution in [0.1, 0.15) is 46.6 Å². The first-order valence-electron chi connectivity index (χ1n) is 8.38. The standard InChI is InChI=1S/C18H23N3O2S/c1-13(22)21-10-2-4-14(12-21)17-16(7-9-19-17)18(23)20-8-6-15-5-3-11-24-15/h3,5,7,9,11,14,19H,2,4,6,8,10,12H2,1H3,(H,20,23). The van der Waals surface area contributed by atoms with E-state index >= 15 is 0 Å². The first kappa shape index (κ1) is 16.8. The number of rotatable bonds is 5. The van der Waals surface area contributed by atoms with Crippen molar-refractivity contribution in [2.24, 2.45) is 0 Å². The molecule has 1 atom stereocenters. The van der Waals surface area contributed by atoms with Crippen LogP contribution in [0.3, 0.4) is 0 Å². The third-order valence-corrected chi connectivity index (χ3v) is 5.47. The predicted octanol–water partition coefficient (Wildman–Crippen LogP) is 2.77. The van der Waals surface area contributed by atoms with Crippen LogP contribution in [0.15, 0.2) is 29.8 Å². The molecule has 0 saturated carbocycles. The van der Waals surface area contributed by atoms with Gasteiger partial charge in [-0.3, -0.25) is 9.59 Å². The minimum atomic E-state index is -0.0391. The molecule has 2 aromatic rings. The van der Waals surface area contributed by atoms with Crippen LogP contribution in [0.4, 0.5) is 0 Å². The first-order chi connectivity index (χ1) is 11.6. The maximum absolute atomic E-state index is 12.5. The van der Waals surface area contributed by atoms with E-state index in [0.717, 1.165) is 31.5 Å². The summed E-state index contributed by atoms with van der Waals surface area (Å²) >= 11 is 1.71. The molecule has 1 unspecified atom stereocenters. The van der Waals surface area contributed by atoms with Gasteiger partial charge in [0.2, 0.25) is 5.91 Å². The Labute approximate surface area is 146 Å². The zero-order valence-electron chi connectivity index (χ0n) is 13.9. The van der Waals surface area contributed by atoms with Gasteiger partial charge < -0.3 is 15.2 Å². The highest BCUT2D eigenvalue weighted by molar-refractivity contribution is 7.09. The van der Waals surface area contributed by atoms with E-state index in [4.69, 9.17) is 0 Å². The maximum Gasteiger partial charge on any atom is 0.253 e. The van der Waals surface area contributed by atoms with Gasteiger partial charge in [-0.15, -0.1) is 11.3 Å². The second kappa shape index (κ2) is 7.66. The second-order valence-corrected chi connectivity index (χ2v) is 7.23. The fourth-order valence-corrected chi connectivity index (χ4v) is 3.98. The molecule has 2 amide bonds. The average molecular weight is 345 g/mol. The molecule has 3 rings (SSSR count). The van der Waals surface area contributed by atoms with E-state index in [1.165, 1.54) is 4.88 Å². The van der Waals surface area contributed by atoms with E-state index in [0.29, 0.717) is 18.7 Å². The van der Waals surface area contributed by atoms with Crippen molar-refractivity contribution in [1.82, 2.24) is 15.2 Å². The molecule has 1 saturated heterocycles. The van der Waals surface area contributed by atoms with Crippen molar-refractivity contribution >= 4 is 23.2 Å². The Balaban J connectivity index is 1.61. The van der Waals surface area contributed by atoms with Crippen LogP contribution in [0, 0.1) is 0 Å². The highest BCUT2D eigenvalue weighted by Gasteiger charge is 2.27. The van der Waals surface area contributed by atoms with Crippen molar-refractivity contribution in [2.45, 2.75) is 32.1 Å². The third-order valence-electron chi connectivity index (χ3n) is 4.54. The van der Waals surface area contributed by atoms with Gasteiger partial charge in [-0.05, 0) is 36.8 Å². The minimum Gasteiger partial charge on any atom is -0.364 e. The molecule has 1 fully saturated rings. The quantitative estimate of drug-likeness (QED) is 0.875. The van der Waals surface area contributed by atoms with Gasteiger partial charge >= 0.3 is 0 Å². The Morgan fingerprint density at radius 2 is 2.29 bits per heavy atom. The molecule has 0 radical (unpaired) electrons. The zero-order valence-corrected chi connectivity index (χ0v) is 14.7. The number of H-pyrrole nitrogens is 1. The molecule has 0 aliphatic carbocycles. The van der Waals surface area contributed by atoms with Crippen molar-refractivity contribution < 1.29 is 9.59 Å². The summed E-state index contributed by atoms with van der Waals surface area (Å²) in [6.45, 7) is 3.74. The van der Waals surface area contributed by atoms with Crippen LogP contribution in [-0.2, 0) is 11.2 Å². The van der Waals surface area contributed by atoms with Gasteiger partial charge in [0.05, 0.1) is 5.56 Å². The normalized spacial score (nSPS) is 17.7. The van der Waals surface area contributed by atoms with Crippen LogP contribution < -0.4 is 5.32 Å². The Kier molecular flexibility index (Phi) is 5.35. The highest BCUT2D eigenvalue weighted by Crippen LogP contribution is 2.28. The van der Waals surface area contributed by atoms with E-state index in [-0.39, 0.29) is 17.7 Å². The molecule has 0 aromatic carbocycles. The fraction of sp³-hybridized carbons (Fsp3) is 0.444. The first-order valence-corrected chi connectivity index (χ1v) is 9.26. The number of piperidine rings is 1. The van der Waals surface area contributed by atoms with Gasteiger partial charge in [-0.1, -0.05) is 6.07 Å². The van der Waals surface area contributed by atoms with Gasteiger partial charge in [-0.25, -0.2) is 0 Å². The summed E-state index contributed by atoms with van der Waals surface area (Å²) in [5, 5.41) is 5.05. The molecule has 3 heterocycles. The Morgan fingerprint density at radius 1 is 1.42 bits per heavy atom. The molecule has 128 valence electrons. The van der Waals surface area contributed by atoms with Gasteiger partial charge in [-0.2, -0.15) is 0 Å². The Morgan fingerprint density at radius 3 is 3.04 bits per heavy atom. The molecular weight excluding hydrogens is 322 g/mol. The summed E-state index contributed by atoms with van der Waals surface area (Å²) in [6, 6.07) is 5.94. The number of likely N-dealkylation sites (tertiary alicyclic amines) is 1. The smallest absolute Gasteiger partial charge is 0.253 e. The highest BCUT2D eigenvalue weighted by atomic mass is 32.1. The molecule has 2 aromatic heterocycles. The van der Waals surface area contributed by atoms with Gasteiger partial charge in [0, 0.05) is 49.2 Å². The van der Waals surface area contributed by atoms with Crippen molar-refractivity contribution in [2.75, 3.05) is 19.6 Å². The van der Waals surface area contributed by atoms with Gasteiger partial charge in [0.15, 0.2) is 0 Å². The SMILES string of the molecule is CC(=O)N1CCCC(c2[nH]ccc2C(=O)NCCc2cccs2)C1. The summed E-state index contributed by atoms with van der Waals surface area (Å²) < 4.78 is 0. The van der Waals surface area contributed by atoms with Crippen LogP contribution in [0.25, 0.3) is 0 Å². The zero-order chi connectivity index (χ0) is 16.9. The minimum absolute atomic E-state index is 0.0391. The van der Waals surface area contributed by atoms with E-state index in [1.54, 1.807) is 18.3 Å². The average Bonchev–Trinajstić information content (AvgIpc) is 3.26. The topological polar surface area (TPSA) is 65.2 Å². The molecule has 1 aliphatic rings. The van der Waals surface area contributed by atoms with Crippen LogP contribution in [0.5, 0.6) is 0 Å². The van der Waals surface area contributed by atoms with E-state index in [2.05, 4.69) is 16.4 Å². The summed E-state index contributed by atoms with van der Waals surface area (Å²) in [5.41, 5.74) is 1.66. The van der Waals surface area contributed by atoms with Crippen molar-refractivity contribution in [1.29, 1.82) is 0 Å². The number of thiophene rings is 1. The lowest BCUT2D eigenvalue weighted by atomic mass is 9.92. The number of hydrogen-bond acceptors (Lipinski definition) is 3. The predicted molar refractivity (Wildman–Crippen MR) is 95.4 cm³/mol. The molecule has 5 nitrogen and oxygen atoms in total. The lowest BCUT2D eigenvalue weighted by molar-refractivity contribution is -0.130. The summed E-state index contributed by atoms with van der Waals surface area (Å²) in [5.74, 6) is 0.270. The molecule has 24 heavy (non-hydrogen) atoms. The fourth-order valence-electron chi connectivity index (χ4n) is 3.27. The lowest BCUT2D eigenvalue weighted by Crippen LogP contribution is -2.38. The number of amides is 2. The number of nitrogens with zero attached hydrogens (tertiary/aromatic N) is 1. The van der Waals surface area contributed by atoms with Crippen LogP contribution in [0.2, 0.25) is 0 Å². The number of aromatic nitrogens is 1. The number of carbonyl (C=O) groups is 2. The van der Waals surface area contributed by atoms with Crippen molar-refractivity contribution in [3.05, 3.63) is 45.9 Å². The lowest BCUT2D eigenvalue weighted by Gasteiger charge is -2.32. The van der Waals surface area contributed by atoms with Crippen molar-refractivity contribution in [3.8, 4) is 0 Å². The van der Waals surface area contributed by atoms with E-state index < -0.39 is 0 Å². The summed E-state index contributed by atoms with van der Waals surface area (Å²) in [4.78, 5) is 30.5. The summed E-state index contributed by atoms with van der Waals surface area (Å²) in [6.07, 6.45) is 4.64. The molecule has 0 bridgehead atoms. The van der Waals surface area contributed by atoms with Gasteiger partial charge in [0.1, 0.15) is 0 Å². The number of nitrogens with one attached hydrogen (secondary N) is 2. The molecule has 0 spiro atoms. The Hall–Kier alpha value is -2.08.